The van der Waals surface area contributed by atoms with Gasteiger partial charge in [0.25, 0.3) is 0 Å². The largest absolute Gasteiger partial charge is 0.478 e. The molecule has 4 nitrogen and oxygen atoms in total. The molecule has 0 bridgehead atoms. The molecule has 0 radical (unpaired) electrons. The molecule has 3 aromatic rings. The third-order valence-electron chi connectivity index (χ3n) is 3.17. The monoisotopic (exact) mass is 304 g/mol. The second-order valence-corrected chi connectivity index (χ2v) is 5.07. The number of benzene rings is 2. The maximum absolute atomic E-state index is 13.5. The molecule has 0 saturated carbocycles. The maximum atomic E-state index is 13.5. The van der Waals surface area contributed by atoms with Crippen LogP contribution in [0.3, 0.4) is 0 Å². The Morgan fingerprint density at radius 2 is 2.05 bits per heavy atom. The Morgan fingerprint density at radius 3 is 2.71 bits per heavy atom. The fourth-order valence-corrected chi connectivity index (χ4v) is 2.54. The van der Waals surface area contributed by atoms with Crippen molar-refractivity contribution in [3.05, 3.63) is 58.6 Å². The summed E-state index contributed by atoms with van der Waals surface area (Å²) >= 11 is 5.88. The number of nitrogens with zero attached hydrogens (tertiary/aromatic N) is 2. The number of carbonyl (C=O) groups is 1. The molecule has 0 aliphatic carbocycles. The fraction of sp³-hybridized carbons (Fsp3) is 0.0667. The van der Waals surface area contributed by atoms with E-state index in [1.54, 1.807) is 23.6 Å². The number of carboxylic acids is 1. The van der Waals surface area contributed by atoms with Crippen LogP contribution in [0.4, 0.5) is 4.39 Å². The highest BCUT2D eigenvalue weighted by molar-refractivity contribution is 6.30. The summed E-state index contributed by atoms with van der Waals surface area (Å²) in [6, 6.07) is 8.77. The van der Waals surface area contributed by atoms with Gasteiger partial charge in [-0.2, -0.15) is 0 Å². The third-order valence-corrected chi connectivity index (χ3v) is 3.39. The molecule has 0 saturated heterocycles. The molecule has 2 aromatic carbocycles. The molecule has 0 spiro atoms. The maximum Gasteiger partial charge on any atom is 0.335 e. The van der Waals surface area contributed by atoms with Crippen LogP contribution in [0.25, 0.3) is 16.7 Å². The summed E-state index contributed by atoms with van der Waals surface area (Å²) < 4.78 is 15.2. The van der Waals surface area contributed by atoms with Crippen molar-refractivity contribution in [2.24, 2.45) is 0 Å². The zero-order chi connectivity index (χ0) is 15.1. The molecule has 106 valence electrons. The van der Waals surface area contributed by atoms with Crippen molar-refractivity contribution in [3.63, 3.8) is 0 Å². The van der Waals surface area contributed by atoms with Crippen LogP contribution in [0.2, 0.25) is 5.02 Å². The summed E-state index contributed by atoms with van der Waals surface area (Å²) in [5.74, 6) is -0.873. The van der Waals surface area contributed by atoms with Gasteiger partial charge in [0.2, 0.25) is 0 Å². The van der Waals surface area contributed by atoms with Gasteiger partial charge in [0.05, 0.1) is 22.3 Å². The van der Waals surface area contributed by atoms with E-state index in [-0.39, 0.29) is 10.6 Å². The van der Waals surface area contributed by atoms with Crippen molar-refractivity contribution in [1.82, 2.24) is 9.55 Å². The van der Waals surface area contributed by atoms with E-state index in [4.69, 9.17) is 16.7 Å². The third kappa shape index (κ3) is 2.36. The van der Waals surface area contributed by atoms with Crippen molar-refractivity contribution < 1.29 is 14.3 Å². The van der Waals surface area contributed by atoms with Crippen LogP contribution >= 0.6 is 11.6 Å². The number of imidazole rings is 1. The predicted molar refractivity (Wildman–Crippen MR) is 77.7 cm³/mol. The van der Waals surface area contributed by atoms with Crippen molar-refractivity contribution in [2.45, 2.75) is 6.92 Å². The molecule has 21 heavy (non-hydrogen) atoms. The van der Waals surface area contributed by atoms with Crippen LogP contribution < -0.4 is 0 Å². The molecule has 6 heteroatoms. The van der Waals surface area contributed by atoms with Gasteiger partial charge in [-0.3, -0.25) is 4.57 Å². The summed E-state index contributed by atoms with van der Waals surface area (Å²) in [5.41, 5.74) is 1.88. The number of aryl methyl sites for hydroxylation is 1. The average molecular weight is 305 g/mol. The minimum Gasteiger partial charge on any atom is -0.478 e. The average Bonchev–Trinajstić information content (AvgIpc) is 2.72. The number of halogens is 2. The number of carboxylic acid groups (broad SMARTS) is 1. The molecule has 0 amide bonds. The molecule has 1 N–H and O–H groups in total. The lowest BCUT2D eigenvalue weighted by Gasteiger charge is -2.08. The van der Waals surface area contributed by atoms with Gasteiger partial charge in [0.15, 0.2) is 0 Å². The number of rotatable bonds is 2. The van der Waals surface area contributed by atoms with Gasteiger partial charge in [0.1, 0.15) is 11.6 Å². The Hall–Kier alpha value is -2.40. The van der Waals surface area contributed by atoms with E-state index < -0.39 is 11.8 Å². The summed E-state index contributed by atoms with van der Waals surface area (Å²) in [4.78, 5) is 15.5. The Kier molecular flexibility index (Phi) is 3.14. The Bertz CT molecular complexity index is 853. The van der Waals surface area contributed by atoms with Crippen molar-refractivity contribution in [3.8, 4) is 5.69 Å². The highest BCUT2D eigenvalue weighted by atomic mass is 35.5. The smallest absolute Gasteiger partial charge is 0.335 e. The second-order valence-electron chi connectivity index (χ2n) is 4.63. The Labute approximate surface area is 124 Å². The number of hydrogen-bond donors (Lipinski definition) is 1. The van der Waals surface area contributed by atoms with Crippen LogP contribution in [0.15, 0.2) is 36.4 Å². The van der Waals surface area contributed by atoms with Crippen molar-refractivity contribution in [1.29, 1.82) is 0 Å². The first-order chi connectivity index (χ1) is 9.95. The summed E-state index contributed by atoms with van der Waals surface area (Å²) in [6.07, 6.45) is 0. The van der Waals surface area contributed by atoms with Crippen molar-refractivity contribution >= 4 is 28.6 Å². The summed E-state index contributed by atoms with van der Waals surface area (Å²) in [6.45, 7) is 1.76. The van der Waals surface area contributed by atoms with Gasteiger partial charge in [0, 0.05) is 5.02 Å². The van der Waals surface area contributed by atoms with Crippen LogP contribution in [-0.4, -0.2) is 20.6 Å². The lowest BCUT2D eigenvalue weighted by atomic mass is 10.2. The first-order valence-corrected chi connectivity index (χ1v) is 6.52. The van der Waals surface area contributed by atoms with E-state index in [0.717, 1.165) is 0 Å². The lowest BCUT2D eigenvalue weighted by molar-refractivity contribution is 0.0697. The number of aromatic carboxylic acids is 1. The lowest BCUT2D eigenvalue weighted by Crippen LogP contribution is -2.00. The topological polar surface area (TPSA) is 55.1 Å². The molecule has 1 aromatic heterocycles. The zero-order valence-corrected chi connectivity index (χ0v) is 11.7. The van der Waals surface area contributed by atoms with E-state index in [2.05, 4.69) is 4.98 Å². The van der Waals surface area contributed by atoms with E-state index in [1.807, 2.05) is 0 Å². The van der Waals surface area contributed by atoms with Gasteiger partial charge >= 0.3 is 5.97 Å². The number of fused-ring (bicyclic) bond motifs is 1. The summed E-state index contributed by atoms with van der Waals surface area (Å²) in [7, 11) is 0. The first kappa shape index (κ1) is 13.6. The molecular formula is C15H10ClFN2O2. The van der Waals surface area contributed by atoms with Crippen molar-refractivity contribution in [2.75, 3.05) is 0 Å². The molecule has 0 unspecified atom stereocenters. The minimum atomic E-state index is -1.03. The molecule has 0 fully saturated rings. The summed E-state index contributed by atoms with van der Waals surface area (Å²) in [5, 5.41) is 9.35. The normalized spacial score (nSPS) is 11.0. The second kappa shape index (κ2) is 4.86. The molecule has 3 rings (SSSR count). The van der Waals surface area contributed by atoms with Crippen LogP contribution in [0.1, 0.15) is 16.2 Å². The number of hydrogen-bond acceptors (Lipinski definition) is 2. The van der Waals surface area contributed by atoms with Crippen LogP contribution in [0, 0.1) is 12.7 Å². The standard InChI is InChI=1S/C15H10ClFN2O2/c1-8-18-13-3-2-9(15(20)21)4-14(13)19(8)12-6-10(16)5-11(17)7-12/h2-7H,1H3,(H,20,21). The van der Waals surface area contributed by atoms with Gasteiger partial charge < -0.3 is 5.11 Å². The molecule has 0 aliphatic heterocycles. The number of aromatic nitrogens is 2. The van der Waals surface area contributed by atoms with Gasteiger partial charge in [-0.05, 0) is 43.3 Å². The van der Waals surface area contributed by atoms with E-state index >= 15 is 0 Å². The van der Waals surface area contributed by atoms with Gasteiger partial charge in [-0.25, -0.2) is 14.2 Å². The quantitative estimate of drug-likeness (QED) is 0.783. The highest BCUT2D eigenvalue weighted by Gasteiger charge is 2.13. The van der Waals surface area contributed by atoms with E-state index in [0.29, 0.717) is 22.5 Å². The van der Waals surface area contributed by atoms with Crippen LogP contribution in [-0.2, 0) is 0 Å². The zero-order valence-electron chi connectivity index (χ0n) is 11.0. The Morgan fingerprint density at radius 1 is 1.29 bits per heavy atom. The molecule has 0 atom stereocenters. The van der Waals surface area contributed by atoms with Crippen LogP contribution in [0.5, 0.6) is 0 Å². The fourth-order valence-electron chi connectivity index (χ4n) is 2.32. The minimum absolute atomic E-state index is 0.145. The molecule has 1 heterocycles. The SMILES string of the molecule is Cc1nc2ccc(C(=O)O)cc2n1-c1cc(F)cc(Cl)c1. The van der Waals surface area contributed by atoms with E-state index in [1.165, 1.54) is 24.3 Å². The highest BCUT2D eigenvalue weighted by Crippen LogP contribution is 2.25. The molecular weight excluding hydrogens is 295 g/mol. The molecule has 0 aliphatic rings. The van der Waals surface area contributed by atoms with E-state index in [9.17, 15) is 9.18 Å². The van der Waals surface area contributed by atoms with Gasteiger partial charge in [-0.15, -0.1) is 0 Å². The predicted octanol–water partition coefficient (Wildman–Crippen LogP) is 3.82. The van der Waals surface area contributed by atoms with Gasteiger partial charge in [-0.1, -0.05) is 11.6 Å². The first-order valence-electron chi connectivity index (χ1n) is 6.14. The Balaban J connectivity index is 2.32.